The van der Waals surface area contributed by atoms with Gasteiger partial charge in [0.15, 0.2) is 0 Å². The molecule has 2 saturated heterocycles. The maximum atomic E-state index is 12.3. The van der Waals surface area contributed by atoms with E-state index in [0.29, 0.717) is 13.2 Å². The summed E-state index contributed by atoms with van der Waals surface area (Å²) in [5.41, 5.74) is 0. The minimum absolute atomic E-state index is 0.0737. The fourth-order valence-corrected chi connectivity index (χ4v) is 2.76. The van der Waals surface area contributed by atoms with Crippen LogP contribution in [0.3, 0.4) is 0 Å². The number of hydrogen-bond acceptors (Lipinski definition) is 4. The molecule has 0 spiro atoms. The van der Waals surface area contributed by atoms with E-state index in [2.05, 4.69) is 17.6 Å². The van der Waals surface area contributed by atoms with Crippen molar-refractivity contribution in [3.05, 3.63) is 0 Å². The van der Waals surface area contributed by atoms with E-state index in [1.807, 2.05) is 6.92 Å². The molecule has 5 heteroatoms. The topological polar surface area (TPSA) is 59.6 Å². The Hall–Kier alpha value is -0.650. The van der Waals surface area contributed by atoms with Crippen LogP contribution in [0.2, 0.25) is 0 Å². The highest BCUT2D eigenvalue weighted by Gasteiger charge is 2.35. The van der Waals surface area contributed by atoms with E-state index in [1.54, 1.807) is 0 Å². The molecule has 110 valence electrons. The van der Waals surface area contributed by atoms with Crippen LogP contribution in [0.1, 0.15) is 33.1 Å². The number of amides is 1. The Morgan fingerprint density at radius 2 is 2.26 bits per heavy atom. The van der Waals surface area contributed by atoms with Crippen molar-refractivity contribution in [2.24, 2.45) is 5.92 Å². The number of hydrogen-bond donors (Lipinski definition) is 2. The highest BCUT2D eigenvalue weighted by molar-refractivity contribution is 5.80. The fraction of sp³-hybridized carbons (Fsp3) is 0.929. The standard InChI is InChI=1S/C14H26N2O3/c1-3-6-15-12-9-18-8-11(12)14(17)16-10(2)13-5-4-7-19-13/h10-13,15H,3-9H2,1-2H3,(H,16,17). The van der Waals surface area contributed by atoms with E-state index in [1.165, 1.54) is 0 Å². The summed E-state index contributed by atoms with van der Waals surface area (Å²) in [4.78, 5) is 12.3. The molecule has 2 fully saturated rings. The molecular formula is C14H26N2O3. The summed E-state index contributed by atoms with van der Waals surface area (Å²) in [5, 5.41) is 6.47. The summed E-state index contributed by atoms with van der Waals surface area (Å²) >= 11 is 0. The van der Waals surface area contributed by atoms with E-state index < -0.39 is 0 Å². The molecule has 4 unspecified atom stereocenters. The molecule has 0 bridgehead atoms. The third kappa shape index (κ3) is 3.91. The molecule has 2 aliphatic rings. The van der Waals surface area contributed by atoms with Crippen LogP contribution < -0.4 is 10.6 Å². The lowest BCUT2D eigenvalue weighted by Gasteiger charge is -2.24. The van der Waals surface area contributed by atoms with Gasteiger partial charge in [0.05, 0.1) is 31.3 Å². The lowest BCUT2D eigenvalue weighted by atomic mass is 10.0. The van der Waals surface area contributed by atoms with Crippen LogP contribution in [0.25, 0.3) is 0 Å². The first-order valence-corrected chi connectivity index (χ1v) is 7.45. The first-order chi connectivity index (χ1) is 9.22. The highest BCUT2D eigenvalue weighted by Crippen LogP contribution is 2.18. The van der Waals surface area contributed by atoms with Crippen molar-refractivity contribution in [1.29, 1.82) is 0 Å². The second kappa shape index (κ2) is 7.22. The minimum Gasteiger partial charge on any atom is -0.379 e. The van der Waals surface area contributed by atoms with Gasteiger partial charge in [-0.1, -0.05) is 6.92 Å². The summed E-state index contributed by atoms with van der Waals surface area (Å²) < 4.78 is 11.0. The van der Waals surface area contributed by atoms with Gasteiger partial charge in [-0.05, 0) is 32.7 Å². The Bertz CT molecular complexity index is 292. The van der Waals surface area contributed by atoms with Crippen molar-refractivity contribution < 1.29 is 14.3 Å². The van der Waals surface area contributed by atoms with Crippen LogP contribution in [0.15, 0.2) is 0 Å². The fourth-order valence-electron chi connectivity index (χ4n) is 2.76. The monoisotopic (exact) mass is 270 g/mol. The lowest BCUT2D eigenvalue weighted by molar-refractivity contribution is -0.126. The first-order valence-electron chi connectivity index (χ1n) is 7.45. The maximum absolute atomic E-state index is 12.3. The molecule has 0 aliphatic carbocycles. The number of rotatable bonds is 6. The van der Waals surface area contributed by atoms with Crippen molar-refractivity contribution in [2.75, 3.05) is 26.4 Å². The zero-order valence-corrected chi connectivity index (χ0v) is 12.0. The normalized spacial score (nSPS) is 32.4. The summed E-state index contributed by atoms with van der Waals surface area (Å²) in [5.74, 6) is 0.0181. The third-order valence-corrected chi connectivity index (χ3v) is 3.97. The molecular weight excluding hydrogens is 244 g/mol. The van der Waals surface area contributed by atoms with Gasteiger partial charge in [-0.3, -0.25) is 4.79 Å². The molecule has 0 aromatic carbocycles. The van der Waals surface area contributed by atoms with Crippen molar-refractivity contribution in [1.82, 2.24) is 10.6 Å². The molecule has 2 N–H and O–H groups in total. The van der Waals surface area contributed by atoms with Gasteiger partial charge in [0.1, 0.15) is 0 Å². The summed E-state index contributed by atoms with van der Waals surface area (Å²) in [7, 11) is 0. The Labute approximate surface area is 115 Å². The second-order valence-electron chi connectivity index (χ2n) is 5.55. The smallest absolute Gasteiger partial charge is 0.227 e. The average Bonchev–Trinajstić information content (AvgIpc) is 3.07. The van der Waals surface area contributed by atoms with Crippen molar-refractivity contribution in [3.63, 3.8) is 0 Å². The molecule has 2 rings (SSSR count). The van der Waals surface area contributed by atoms with Crippen LogP contribution in [-0.2, 0) is 14.3 Å². The van der Waals surface area contributed by atoms with Gasteiger partial charge in [0.25, 0.3) is 0 Å². The molecule has 0 saturated carbocycles. The molecule has 4 atom stereocenters. The zero-order chi connectivity index (χ0) is 13.7. The predicted molar refractivity (Wildman–Crippen MR) is 73.0 cm³/mol. The first kappa shape index (κ1) is 14.8. The Balaban J connectivity index is 1.80. The summed E-state index contributed by atoms with van der Waals surface area (Å²) in [6, 6.07) is 0.235. The van der Waals surface area contributed by atoms with E-state index in [9.17, 15) is 4.79 Å². The molecule has 0 aromatic rings. The van der Waals surface area contributed by atoms with Gasteiger partial charge in [-0.2, -0.15) is 0 Å². The van der Waals surface area contributed by atoms with Crippen molar-refractivity contribution in [2.45, 2.75) is 51.3 Å². The third-order valence-electron chi connectivity index (χ3n) is 3.97. The van der Waals surface area contributed by atoms with Gasteiger partial charge in [0, 0.05) is 12.6 Å². The van der Waals surface area contributed by atoms with E-state index >= 15 is 0 Å². The lowest BCUT2D eigenvalue weighted by Crippen LogP contribution is -2.49. The molecule has 1 amide bonds. The molecule has 2 heterocycles. The van der Waals surface area contributed by atoms with E-state index in [-0.39, 0.29) is 30.0 Å². The summed E-state index contributed by atoms with van der Waals surface area (Å²) in [6.07, 6.45) is 3.38. The molecule has 5 nitrogen and oxygen atoms in total. The van der Waals surface area contributed by atoms with Crippen LogP contribution in [0.5, 0.6) is 0 Å². The van der Waals surface area contributed by atoms with Crippen LogP contribution in [-0.4, -0.2) is 50.5 Å². The van der Waals surface area contributed by atoms with Gasteiger partial charge >= 0.3 is 0 Å². The summed E-state index contributed by atoms with van der Waals surface area (Å²) in [6.45, 7) is 7.05. The SMILES string of the molecule is CCCNC1COCC1C(=O)NC(C)C1CCCO1. The van der Waals surface area contributed by atoms with Crippen molar-refractivity contribution in [3.8, 4) is 0 Å². The average molecular weight is 270 g/mol. The van der Waals surface area contributed by atoms with E-state index in [4.69, 9.17) is 9.47 Å². The predicted octanol–water partition coefficient (Wildman–Crippen LogP) is 0.685. The molecule has 19 heavy (non-hydrogen) atoms. The van der Waals surface area contributed by atoms with Crippen LogP contribution in [0, 0.1) is 5.92 Å². The number of carbonyl (C=O) groups excluding carboxylic acids is 1. The Morgan fingerprint density at radius 3 is 2.95 bits per heavy atom. The zero-order valence-electron chi connectivity index (χ0n) is 12.0. The maximum Gasteiger partial charge on any atom is 0.227 e. The highest BCUT2D eigenvalue weighted by atomic mass is 16.5. The van der Waals surface area contributed by atoms with Crippen molar-refractivity contribution >= 4 is 5.91 Å². The van der Waals surface area contributed by atoms with Crippen LogP contribution in [0.4, 0.5) is 0 Å². The molecule has 0 aromatic heterocycles. The quantitative estimate of drug-likeness (QED) is 0.745. The largest absolute Gasteiger partial charge is 0.379 e. The van der Waals surface area contributed by atoms with Gasteiger partial charge < -0.3 is 20.1 Å². The number of carbonyl (C=O) groups is 1. The van der Waals surface area contributed by atoms with Gasteiger partial charge in [0.2, 0.25) is 5.91 Å². The van der Waals surface area contributed by atoms with Gasteiger partial charge in [-0.25, -0.2) is 0 Å². The Morgan fingerprint density at radius 1 is 1.42 bits per heavy atom. The number of ether oxygens (including phenoxy) is 2. The molecule has 0 radical (unpaired) electrons. The van der Waals surface area contributed by atoms with Crippen LogP contribution >= 0.6 is 0 Å². The molecule has 2 aliphatic heterocycles. The van der Waals surface area contributed by atoms with E-state index in [0.717, 1.165) is 32.4 Å². The second-order valence-corrected chi connectivity index (χ2v) is 5.55. The Kier molecular flexibility index (Phi) is 5.60. The minimum atomic E-state index is -0.0737. The van der Waals surface area contributed by atoms with Gasteiger partial charge in [-0.15, -0.1) is 0 Å². The number of nitrogens with one attached hydrogen (secondary N) is 2.